The highest BCUT2D eigenvalue weighted by atomic mass is 16.5. The molecule has 0 spiro atoms. The van der Waals surface area contributed by atoms with Gasteiger partial charge in [0.1, 0.15) is 0 Å². The normalized spacial score (nSPS) is 27.2. The van der Waals surface area contributed by atoms with Crippen LogP contribution < -0.4 is 0 Å². The van der Waals surface area contributed by atoms with E-state index in [4.69, 9.17) is 9.47 Å². The van der Waals surface area contributed by atoms with Crippen molar-refractivity contribution in [2.24, 2.45) is 17.3 Å². The monoisotopic (exact) mass is 310 g/mol. The lowest BCUT2D eigenvalue weighted by Crippen LogP contribution is -2.42. The van der Waals surface area contributed by atoms with E-state index in [1.54, 1.807) is 0 Å². The molecule has 3 atom stereocenters. The molecule has 0 aromatic heterocycles. The van der Waals surface area contributed by atoms with Crippen LogP contribution in [0.3, 0.4) is 0 Å². The maximum Gasteiger partial charge on any atom is 0.0645 e. The van der Waals surface area contributed by atoms with Crippen LogP contribution in [0.2, 0.25) is 0 Å². The Morgan fingerprint density at radius 3 is 2.26 bits per heavy atom. The van der Waals surface area contributed by atoms with Crippen molar-refractivity contribution in [2.75, 3.05) is 26.4 Å². The van der Waals surface area contributed by atoms with Gasteiger partial charge >= 0.3 is 0 Å². The second-order valence-corrected chi connectivity index (χ2v) is 6.62. The number of hydrogen-bond donors (Lipinski definition) is 0. The van der Waals surface area contributed by atoms with Crippen molar-refractivity contribution in [2.45, 2.75) is 12.3 Å². The fourth-order valence-electron chi connectivity index (χ4n) is 4.40. The molecule has 1 fully saturated rings. The Morgan fingerprint density at radius 2 is 1.65 bits per heavy atom. The van der Waals surface area contributed by atoms with Crippen molar-refractivity contribution in [3.63, 3.8) is 0 Å². The number of fused-ring (bicyclic) bond motifs is 2. The predicted molar refractivity (Wildman–Crippen MR) is 94.4 cm³/mol. The molecule has 1 aromatic rings. The number of benzene rings is 1. The number of hydrogen-bond acceptors (Lipinski definition) is 2. The maximum absolute atomic E-state index is 5.95. The van der Waals surface area contributed by atoms with Crippen LogP contribution in [0, 0.1) is 17.3 Å². The zero-order chi connectivity index (χ0) is 16.1. The van der Waals surface area contributed by atoms with Gasteiger partial charge in [-0.15, -0.1) is 13.2 Å². The standard InChI is InChI=1S/C21H26O2/c1-3-12-22-15-21(16-23-13-4-2)19-11-10-18(14-19)20(21)17-8-6-5-7-9-17/h3-11,18-20H,1-2,12-16H2. The summed E-state index contributed by atoms with van der Waals surface area (Å²) < 4.78 is 11.9. The fraction of sp³-hybridized carbons (Fsp3) is 0.429. The van der Waals surface area contributed by atoms with Crippen LogP contribution in [-0.2, 0) is 9.47 Å². The van der Waals surface area contributed by atoms with Crippen molar-refractivity contribution in [1.29, 1.82) is 0 Å². The Hall–Kier alpha value is -1.64. The molecule has 1 saturated carbocycles. The molecule has 0 radical (unpaired) electrons. The van der Waals surface area contributed by atoms with Crippen LogP contribution in [0.25, 0.3) is 0 Å². The summed E-state index contributed by atoms with van der Waals surface area (Å²) >= 11 is 0. The SMILES string of the molecule is C=CCOCC1(COCC=C)C2C=CC(C2)C1c1ccccc1. The summed E-state index contributed by atoms with van der Waals surface area (Å²) in [6.07, 6.45) is 9.60. The third kappa shape index (κ3) is 3.06. The molecule has 0 N–H and O–H groups in total. The van der Waals surface area contributed by atoms with Gasteiger partial charge in [0.2, 0.25) is 0 Å². The molecule has 0 heterocycles. The molecule has 2 bridgehead atoms. The van der Waals surface area contributed by atoms with E-state index in [0.29, 0.717) is 44.2 Å². The zero-order valence-corrected chi connectivity index (χ0v) is 13.7. The first kappa shape index (κ1) is 16.2. The summed E-state index contributed by atoms with van der Waals surface area (Å²) in [7, 11) is 0. The second kappa shape index (κ2) is 7.29. The average Bonchev–Trinajstić information content (AvgIpc) is 3.16. The molecule has 3 unspecified atom stereocenters. The number of allylic oxidation sites excluding steroid dienone is 2. The van der Waals surface area contributed by atoms with E-state index in [1.807, 2.05) is 12.2 Å². The van der Waals surface area contributed by atoms with Crippen molar-refractivity contribution < 1.29 is 9.47 Å². The molecular weight excluding hydrogens is 284 g/mol. The highest BCUT2D eigenvalue weighted by Crippen LogP contribution is 2.60. The van der Waals surface area contributed by atoms with Crippen LogP contribution >= 0.6 is 0 Å². The highest BCUT2D eigenvalue weighted by Gasteiger charge is 2.56. The maximum atomic E-state index is 5.95. The molecule has 0 amide bonds. The lowest BCUT2D eigenvalue weighted by atomic mass is 9.66. The van der Waals surface area contributed by atoms with Crippen molar-refractivity contribution in [3.05, 3.63) is 73.4 Å². The van der Waals surface area contributed by atoms with Crippen molar-refractivity contribution in [1.82, 2.24) is 0 Å². The largest absolute Gasteiger partial charge is 0.377 e. The molecule has 2 nitrogen and oxygen atoms in total. The van der Waals surface area contributed by atoms with Gasteiger partial charge in [0.15, 0.2) is 0 Å². The molecule has 2 heteroatoms. The predicted octanol–water partition coefficient (Wildman–Crippen LogP) is 4.37. The summed E-state index contributed by atoms with van der Waals surface area (Å²) in [6.45, 7) is 10.1. The smallest absolute Gasteiger partial charge is 0.0645 e. The van der Waals surface area contributed by atoms with Crippen molar-refractivity contribution >= 4 is 0 Å². The first-order valence-corrected chi connectivity index (χ1v) is 8.42. The first-order chi connectivity index (χ1) is 11.3. The van der Waals surface area contributed by atoms with Gasteiger partial charge in [-0.1, -0.05) is 54.6 Å². The van der Waals surface area contributed by atoms with E-state index in [0.717, 1.165) is 0 Å². The molecular formula is C21H26O2. The van der Waals surface area contributed by atoms with Crippen LogP contribution in [0.4, 0.5) is 0 Å². The highest BCUT2D eigenvalue weighted by molar-refractivity contribution is 5.33. The topological polar surface area (TPSA) is 18.5 Å². The van der Waals surface area contributed by atoms with E-state index in [9.17, 15) is 0 Å². The summed E-state index contributed by atoms with van der Waals surface area (Å²) in [5, 5.41) is 0. The molecule has 3 rings (SSSR count). The molecule has 122 valence electrons. The van der Waals surface area contributed by atoms with Gasteiger partial charge in [-0.05, 0) is 23.8 Å². The third-order valence-electron chi connectivity index (χ3n) is 5.27. The molecule has 23 heavy (non-hydrogen) atoms. The summed E-state index contributed by atoms with van der Waals surface area (Å²) in [5.74, 6) is 1.56. The third-order valence-corrected chi connectivity index (χ3v) is 5.27. The first-order valence-electron chi connectivity index (χ1n) is 8.42. The van der Waals surface area contributed by atoms with Gasteiger partial charge in [-0.2, -0.15) is 0 Å². The van der Waals surface area contributed by atoms with Gasteiger partial charge in [-0.25, -0.2) is 0 Å². The fourth-order valence-corrected chi connectivity index (χ4v) is 4.40. The van der Waals surface area contributed by atoms with Gasteiger partial charge in [0.05, 0.1) is 26.4 Å². The number of rotatable bonds is 9. The molecule has 0 aliphatic heterocycles. The lowest BCUT2D eigenvalue weighted by molar-refractivity contribution is -0.0355. The van der Waals surface area contributed by atoms with E-state index in [2.05, 4.69) is 55.6 Å². The number of ether oxygens (including phenoxy) is 2. The van der Waals surface area contributed by atoms with Gasteiger partial charge in [-0.3, -0.25) is 0 Å². The van der Waals surface area contributed by atoms with Crippen LogP contribution in [0.15, 0.2) is 67.8 Å². The van der Waals surface area contributed by atoms with Crippen LogP contribution in [0.1, 0.15) is 17.9 Å². The summed E-state index contributed by atoms with van der Waals surface area (Å²) in [6, 6.07) is 10.8. The van der Waals surface area contributed by atoms with E-state index in [1.165, 1.54) is 12.0 Å². The second-order valence-electron chi connectivity index (χ2n) is 6.62. The quantitative estimate of drug-likeness (QED) is 0.498. The Bertz CT molecular complexity index is 546. The molecule has 1 aromatic carbocycles. The minimum absolute atomic E-state index is 0.00674. The van der Waals surface area contributed by atoms with Gasteiger partial charge in [0.25, 0.3) is 0 Å². The average molecular weight is 310 g/mol. The Morgan fingerprint density at radius 1 is 1.00 bits per heavy atom. The Labute approximate surface area is 139 Å². The summed E-state index contributed by atoms with van der Waals surface area (Å²) in [4.78, 5) is 0. The zero-order valence-electron chi connectivity index (χ0n) is 13.7. The lowest BCUT2D eigenvalue weighted by Gasteiger charge is -2.42. The van der Waals surface area contributed by atoms with E-state index >= 15 is 0 Å². The molecule has 0 saturated heterocycles. The minimum Gasteiger partial charge on any atom is -0.377 e. The van der Waals surface area contributed by atoms with E-state index in [-0.39, 0.29) is 5.41 Å². The van der Waals surface area contributed by atoms with Crippen LogP contribution in [-0.4, -0.2) is 26.4 Å². The van der Waals surface area contributed by atoms with Gasteiger partial charge < -0.3 is 9.47 Å². The summed E-state index contributed by atoms with van der Waals surface area (Å²) in [5.41, 5.74) is 1.40. The molecule has 2 aliphatic carbocycles. The minimum atomic E-state index is 0.00674. The Balaban J connectivity index is 1.90. The van der Waals surface area contributed by atoms with Crippen LogP contribution in [0.5, 0.6) is 0 Å². The molecule has 2 aliphatic rings. The van der Waals surface area contributed by atoms with Gasteiger partial charge in [0, 0.05) is 11.3 Å². The van der Waals surface area contributed by atoms with E-state index < -0.39 is 0 Å². The van der Waals surface area contributed by atoms with Crippen molar-refractivity contribution in [3.8, 4) is 0 Å². The Kier molecular flexibility index (Phi) is 5.14.